The van der Waals surface area contributed by atoms with Gasteiger partial charge in [-0.1, -0.05) is 224 Å². The summed E-state index contributed by atoms with van der Waals surface area (Å²) in [6.07, 6.45) is 47.0. The highest BCUT2D eigenvalue weighted by atomic mass is 16.7. The molecule has 0 bridgehead atoms. The zero-order valence-electron chi connectivity index (χ0n) is 44.5. The van der Waals surface area contributed by atoms with Gasteiger partial charge in [0.05, 0.1) is 32.0 Å². The lowest BCUT2D eigenvalue weighted by Crippen LogP contribution is -2.60. The number of hydrogen-bond acceptors (Lipinski definition) is 10. The fourth-order valence-corrected chi connectivity index (χ4v) is 9.13. The number of carbonyl (C=O) groups excluding carboxylic acids is 2. The van der Waals surface area contributed by atoms with E-state index in [4.69, 9.17) is 14.2 Å². The van der Waals surface area contributed by atoms with E-state index in [1.54, 1.807) is 6.08 Å². The largest absolute Gasteiger partial charge is 0.466 e. The minimum Gasteiger partial charge on any atom is -0.466 e. The van der Waals surface area contributed by atoms with E-state index in [2.05, 4.69) is 31.3 Å². The van der Waals surface area contributed by atoms with E-state index in [0.29, 0.717) is 19.4 Å². The lowest BCUT2D eigenvalue weighted by atomic mass is 9.99. The predicted molar refractivity (Wildman–Crippen MR) is 283 cm³/mol. The number of aliphatic hydroxyl groups is 5. The first-order valence-corrected chi connectivity index (χ1v) is 29.1. The summed E-state index contributed by atoms with van der Waals surface area (Å²) >= 11 is 0. The van der Waals surface area contributed by atoms with Gasteiger partial charge in [-0.2, -0.15) is 0 Å². The molecule has 7 unspecified atom stereocenters. The van der Waals surface area contributed by atoms with Crippen molar-refractivity contribution in [3.05, 3.63) is 24.3 Å². The number of nitrogens with one attached hydrogen (secondary N) is 1. The predicted octanol–water partition coefficient (Wildman–Crippen LogP) is 12.9. The maximum absolute atomic E-state index is 13.0. The Morgan fingerprint density at radius 3 is 1.39 bits per heavy atom. The molecule has 0 aromatic carbocycles. The smallest absolute Gasteiger partial charge is 0.305 e. The number of esters is 1. The van der Waals surface area contributed by atoms with Crippen LogP contribution in [0.1, 0.15) is 271 Å². The maximum atomic E-state index is 13.0. The van der Waals surface area contributed by atoms with Crippen molar-refractivity contribution in [1.82, 2.24) is 5.32 Å². The van der Waals surface area contributed by atoms with Crippen LogP contribution in [0.25, 0.3) is 0 Å². The van der Waals surface area contributed by atoms with Crippen molar-refractivity contribution < 1.29 is 49.3 Å². The van der Waals surface area contributed by atoms with Gasteiger partial charge in [-0.15, -0.1) is 0 Å². The summed E-state index contributed by atoms with van der Waals surface area (Å²) in [6.45, 7) is 4.29. The Morgan fingerprint density at radius 1 is 0.522 bits per heavy atom. The lowest BCUT2D eigenvalue weighted by molar-refractivity contribution is -0.302. The molecule has 11 heteroatoms. The minimum atomic E-state index is -1.57. The number of allylic oxidation sites excluding steroid dienone is 3. The Labute approximate surface area is 422 Å². The van der Waals surface area contributed by atoms with Crippen LogP contribution in [0, 0.1) is 0 Å². The van der Waals surface area contributed by atoms with Gasteiger partial charge in [-0.3, -0.25) is 9.59 Å². The van der Waals surface area contributed by atoms with Gasteiger partial charge in [0.1, 0.15) is 24.4 Å². The van der Waals surface area contributed by atoms with Crippen molar-refractivity contribution in [1.29, 1.82) is 0 Å². The van der Waals surface area contributed by atoms with E-state index in [1.165, 1.54) is 180 Å². The molecule has 69 heavy (non-hydrogen) atoms. The first kappa shape index (κ1) is 65.2. The summed E-state index contributed by atoms with van der Waals surface area (Å²) in [4.78, 5) is 25.0. The molecule has 1 aliphatic rings. The van der Waals surface area contributed by atoms with Crippen LogP contribution in [0.2, 0.25) is 0 Å². The fraction of sp³-hybridized carbons (Fsp3) is 0.897. The Balaban J connectivity index is 2.03. The third-order valence-corrected chi connectivity index (χ3v) is 13.8. The topological polar surface area (TPSA) is 175 Å². The van der Waals surface area contributed by atoms with Crippen LogP contribution in [-0.4, -0.2) is 100 Å². The summed E-state index contributed by atoms with van der Waals surface area (Å²) in [5.74, 6) is -0.205. The molecule has 0 aromatic rings. The standard InChI is InChI=1S/C58H109NO10/c1-3-5-7-9-11-13-14-15-23-26-30-34-38-42-46-54(63)67-47-43-39-35-31-27-24-21-19-17-16-18-20-22-25-29-33-37-41-45-53(62)59-50(51(61)44-40-36-32-28-12-10-8-6-4-2)49-68-58-57(66)56(65)55(64)52(48-60)69-58/h14-15,40,44,50-52,55-58,60-61,64-66H,3-13,16-39,41-43,45-49H2,1-2H3,(H,59,62)/b15-14-,44-40+. The van der Waals surface area contributed by atoms with Gasteiger partial charge < -0.3 is 45.1 Å². The molecule has 7 atom stereocenters. The lowest BCUT2D eigenvalue weighted by Gasteiger charge is -2.40. The van der Waals surface area contributed by atoms with Crippen LogP contribution in [0.15, 0.2) is 24.3 Å². The van der Waals surface area contributed by atoms with Gasteiger partial charge in [0.2, 0.25) is 5.91 Å². The van der Waals surface area contributed by atoms with E-state index in [0.717, 1.165) is 64.2 Å². The van der Waals surface area contributed by atoms with Crippen molar-refractivity contribution in [3.8, 4) is 0 Å². The minimum absolute atomic E-state index is 0.0171. The van der Waals surface area contributed by atoms with Gasteiger partial charge in [-0.05, 0) is 57.8 Å². The Hall–Kier alpha value is -1.86. The van der Waals surface area contributed by atoms with E-state index >= 15 is 0 Å². The van der Waals surface area contributed by atoms with Crippen LogP contribution in [0.5, 0.6) is 0 Å². The molecular formula is C58H109NO10. The Bertz CT molecular complexity index is 1200. The first-order chi connectivity index (χ1) is 33.7. The molecule has 1 heterocycles. The number of aliphatic hydroxyl groups excluding tert-OH is 5. The SMILES string of the molecule is CCCCCCC/C=C\CCCCCCCC(=O)OCCCCCCCCCCCCCCCCCCCCC(=O)NC(COC1OC(CO)C(O)C(O)C1O)C(O)/C=C/CCCCCCCCC. The third-order valence-electron chi connectivity index (χ3n) is 13.8. The van der Waals surface area contributed by atoms with E-state index in [9.17, 15) is 35.1 Å². The van der Waals surface area contributed by atoms with Crippen molar-refractivity contribution >= 4 is 11.9 Å². The summed E-state index contributed by atoms with van der Waals surface area (Å²) in [5, 5.41) is 54.2. The number of hydrogen-bond donors (Lipinski definition) is 6. The van der Waals surface area contributed by atoms with Crippen molar-refractivity contribution in [3.63, 3.8) is 0 Å². The molecule has 1 amide bonds. The second-order valence-corrected chi connectivity index (χ2v) is 20.3. The Morgan fingerprint density at radius 2 is 0.928 bits per heavy atom. The number of amides is 1. The van der Waals surface area contributed by atoms with Crippen molar-refractivity contribution in [2.75, 3.05) is 19.8 Å². The van der Waals surface area contributed by atoms with E-state index in [-0.39, 0.29) is 18.5 Å². The molecule has 11 nitrogen and oxygen atoms in total. The normalized spacial score (nSPS) is 19.4. The molecule has 0 aliphatic carbocycles. The zero-order chi connectivity index (χ0) is 50.3. The van der Waals surface area contributed by atoms with Crippen molar-refractivity contribution in [2.45, 2.75) is 314 Å². The van der Waals surface area contributed by atoms with Gasteiger partial charge >= 0.3 is 5.97 Å². The maximum Gasteiger partial charge on any atom is 0.305 e. The van der Waals surface area contributed by atoms with Crippen LogP contribution < -0.4 is 5.32 Å². The highest BCUT2D eigenvalue weighted by molar-refractivity contribution is 5.76. The summed E-state index contributed by atoms with van der Waals surface area (Å²) in [6, 6.07) is -0.811. The molecular weight excluding hydrogens is 871 g/mol. The second-order valence-electron chi connectivity index (χ2n) is 20.3. The molecule has 0 spiro atoms. The quantitative estimate of drug-likeness (QED) is 0.0196. The highest BCUT2D eigenvalue weighted by Gasteiger charge is 2.44. The number of rotatable bonds is 50. The fourth-order valence-electron chi connectivity index (χ4n) is 9.13. The number of carbonyl (C=O) groups is 2. The molecule has 0 saturated carbocycles. The number of ether oxygens (including phenoxy) is 3. The first-order valence-electron chi connectivity index (χ1n) is 29.1. The average molecular weight is 981 g/mol. The number of unbranched alkanes of at least 4 members (excludes halogenated alkanes) is 34. The summed E-state index contributed by atoms with van der Waals surface area (Å²) in [5.41, 5.74) is 0. The monoisotopic (exact) mass is 980 g/mol. The van der Waals surface area contributed by atoms with Gasteiger partial charge in [-0.25, -0.2) is 0 Å². The average Bonchev–Trinajstić information content (AvgIpc) is 3.34. The van der Waals surface area contributed by atoms with Gasteiger partial charge in [0.25, 0.3) is 0 Å². The van der Waals surface area contributed by atoms with E-state index in [1.807, 2.05) is 6.08 Å². The molecule has 1 rings (SSSR count). The van der Waals surface area contributed by atoms with E-state index < -0.39 is 49.5 Å². The summed E-state index contributed by atoms with van der Waals surface area (Å²) < 4.78 is 16.7. The summed E-state index contributed by atoms with van der Waals surface area (Å²) in [7, 11) is 0. The Kier molecular flexibility index (Phi) is 45.7. The van der Waals surface area contributed by atoms with Gasteiger partial charge in [0.15, 0.2) is 6.29 Å². The van der Waals surface area contributed by atoms with Gasteiger partial charge in [0, 0.05) is 12.8 Å². The second kappa shape index (κ2) is 48.4. The zero-order valence-corrected chi connectivity index (χ0v) is 44.5. The van der Waals surface area contributed by atoms with Crippen LogP contribution >= 0.6 is 0 Å². The molecule has 1 aliphatic heterocycles. The van der Waals surface area contributed by atoms with Crippen LogP contribution in [0.3, 0.4) is 0 Å². The third kappa shape index (κ3) is 38.4. The molecule has 406 valence electrons. The molecule has 0 aromatic heterocycles. The van der Waals surface area contributed by atoms with Crippen molar-refractivity contribution in [2.24, 2.45) is 0 Å². The molecule has 1 saturated heterocycles. The molecule has 6 N–H and O–H groups in total. The van der Waals surface area contributed by atoms with Crippen LogP contribution in [0.4, 0.5) is 0 Å². The highest BCUT2D eigenvalue weighted by Crippen LogP contribution is 2.23. The molecule has 0 radical (unpaired) electrons. The molecule has 1 fully saturated rings. The van der Waals surface area contributed by atoms with Crippen LogP contribution in [-0.2, 0) is 23.8 Å².